The number of ether oxygens (including phenoxy) is 1. The second-order valence-corrected chi connectivity index (χ2v) is 5.39. The second kappa shape index (κ2) is 6.47. The normalized spacial score (nSPS) is 16.8. The minimum Gasteiger partial charge on any atom is -0.368 e. The first-order chi connectivity index (χ1) is 8.05. The second-order valence-electron chi connectivity index (χ2n) is 4.53. The Morgan fingerprint density at radius 2 is 2.18 bits per heavy atom. The average molecular weight is 256 g/mol. The van der Waals surface area contributed by atoms with Gasteiger partial charge in [-0.15, -0.1) is 11.3 Å². The van der Waals surface area contributed by atoms with Gasteiger partial charge in [0.15, 0.2) is 0 Å². The Balaban J connectivity index is 2.78. The molecule has 0 amide bonds. The summed E-state index contributed by atoms with van der Waals surface area (Å²) in [4.78, 5) is 4.67. The molecule has 0 aliphatic rings. The summed E-state index contributed by atoms with van der Waals surface area (Å²) in [5, 5.41) is 3.18. The number of thiazole rings is 1. The first-order valence-corrected chi connectivity index (χ1v) is 7.28. The summed E-state index contributed by atoms with van der Waals surface area (Å²) >= 11 is 1.68. The van der Waals surface area contributed by atoms with Crippen LogP contribution >= 0.6 is 11.3 Å². The monoisotopic (exact) mass is 256 g/mol. The number of nitrogens with zero attached hydrogens (tertiary/aromatic N) is 1. The Kier molecular flexibility index (Phi) is 5.56. The molecule has 2 unspecified atom stereocenters. The molecule has 3 nitrogen and oxygen atoms in total. The Labute approximate surface area is 108 Å². The third-order valence-electron chi connectivity index (χ3n) is 3.14. The van der Waals surface area contributed by atoms with E-state index in [9.17, 15) is 0 Å². The Hall–Kier alpha value is -0.450. The van der Waals surface area contributed by atoms with E-state index >= 15 is 0 Å². The van der Waals surface area contributed by atoms with Crippen LogP contribution in [0.5, 0.6) is 0 Å². The lowest BCUT2D eigenvalue weighted by Crippen LogP contribution is -2.25. The van der Waals surface area contributed by atoms with Gasteiger partial charge in [-0.3, -0.25) is 0 Å². The minimum atomic E-state index is -0.242. The predicted molar refractivity (Wildman–Crippen MR) is 73.4 cm³/mol. The third-order valence-corrected chi connectivity index (χ3v) is 4.27. The van der Waals surface area contributed by atoms with Gasteiger partial charge in [0.2, 0.25) is 0 Å². The zero-order valence-corrected chi connectivity index (χ0v) is 12.1. The van der Waals surface area contributed by atoms with Crippen molar-refractivity contribution in [1.29, 1.82) is 0 Å². The zero-order valence-electron chi connectivity index (χ0n) is 11.3. The van der Waals surface area contributed by atoms with E-state index in [0.717, 1.165) is 30.0 Å². The molecule has 4 heteroatoms. The van der Waals surface area contributed by atoms with Gasteiger partial charge in [-0.25, -0.2) is 4.98 Å². The molecule has 98 valence electrons. The molecular formula is C13H24N2OS. The third kappa shape index (κ3) is 3.76. The summed E-state index contributed by atoms with van der Waals surface area (Å²) in [6, 6.07) is 0.213. The van der Waals surface area contributed by atoms with Crippen LogP contribution in [0.25, 0.3) is 0 Å². The molecular weight excluding hydrogens is 232 g/mol. The molecule has 1 rings (SSSR count). The van der Waals surface area contributed by atoms with Crippen LogP contribution in [0.1, 0.15) is 51.2 Å². The van der Waals surface area contributed by atoms with Crippen LogP contribution in [0, 0.1) is 0 Å². The quantitative estimate of drug-likeness (QED) is 0.815. The Morgan fingerprint density at radius 1 is 1.47 bits per heavy atom. The van der Waals surface area contributed by atoms with Gasteiger partial charge >= 0.3 is 0 Å². The minimum absolute atomic E-state index is 0.213. The summed E-state index contributed by atoms with van der Waals surface area (Å²) in [5.74, 6) is 0. The highest BCUT2D eigenvalue weighted by molar-refractivity contribution is 7.09. The molecule has 0 fully saturated rings. The molecule has 0 bridgehead atoms. The first kappa shape index (κ1) is 14.6. The van der Waals surface area contributed by atoms with E-state index in [0.29, 0.717) is 6.61 Å². The van der Waals surface area contributed by atoms with E-state index in [1.54, 1.807) is 11.3 Å². The SMILES string of the molecule is CCOC(C)(CC)c1nc(CC(N)CC)cs1. The standard InChI is InChI=1S/C13H24N2OS/c1-5-10(14)8-11-9-17-12(15-11)13(4,6-2)16-7-3/h9-10H,5-8,14H2,1-4H3. The Bertz CT molecular complexity index is 340. The maximum absolute atomic E-state index is 5.95. The van der Waals surface area contributed by atoms with Crippen molar-refractivity contribution in [1.82, 2.24) is 4.98 Å². The van der Waals surface area contributed by atoms with E-state index in [-0.39, 0.29) is 11.6 Å². The van der Waals surface area contributed by atoms with Gasteiger partial charge in [0.05, 0.1) is 5.69 Å². The van der Waals surface area contributed by atoms with Crippen LogP contribution in [-0.2, 0) is 16.8 Å². The van der Waals surface area contributed by atoms with Crippen LogP contribution in [-0.4, -0.2) is 17.6 Å². The van der Waals surface area contributed by atoms with E-state index < -0.39 is 0 Å². The highest BCUT2D eigenvalue weighted by Crippen LogP contribution is 2.31. The van der Waals surface area contributed by atoms with Crippen LogP contribution in [0.3, 0.4) is 0 Å². The number of hydrogen-bond donors (Lipinski definition) is 1. The van der Waals surface area contributed by atoms with Crippen LogP contribution in [0.4, 0.5) is 0 Å². The molecule has 1 aromatic heterocycles. The Morgan fingerprint density at radius 3 is 2.71 bits per heavy atom. The van der Waals surface area contributed by atoms with Crippen molar-refractivity contribution in [3.63, 3.8) is 0 Å². The molecule has 2 N–H and O–H groups in total. The lowest BCUT2D eigenvalue weighted by atomic mass is 10.0. The number of aromatic nitrogens is 1. The number of hydrogen-bond acceptors (Lipinski definition) is 4. The van der Waals surface area contributed by atoms with Gasteiger partial charge in [0.25, 0.3) is 0 Å². The van der Waals surface area contributed by atoms with E-state index in [1.807, 2.05) is 6.92 Å². The molecule has 0 aliphatic carbocycles. The maximum atomic E-state index is 5.95. The van der Waals surface area contributed by atoms with Crippen molar-refractivity contribution >= 4 is 11.3 Å². The lowest BCUT2D eigenvalue weighted by molar-refractivity contribution is -0.0325. The van der Waals surface area contributed by atoms with Crippen LogP contribution < -0.4 is 5.73 Å². The fraction of sp³-hybridized carbons (Fsp3) is 0.769. The van der Waals surface area contributed by atoms with Crippen molar-refractivity contribution in [3.05, 3.63) is 16.1 Å². The van der Waals surface area contributed by atoms with Crippen molar-refractivity contribution in [2.75, 3.05) is 6.61 Å². The molecule has 17 heavy (non-hydrogen) atoms. The molecule has 0 saturated heterocycles. The highest BCUT2D eigenvalue weighted by Gasteiger charge is 2.28. The first-order valence-electron chi connectivity index (χ1n) is 6.40. The van der Waals surface area contributed by atoms with Gasteiger partial charge in [-0.1, -0.05) is 13.8 Å². The van der Waals surface area contributed by atoms with Gasteiger partial charge in [0.1, 0.15) is 10.6 Å². The fourth-order valence-corrected chi connectivity index (χ4v) is 2.71. The van der Waals surface area contributed by atoms with Crippen LogP contribution in [0.15, 0.2) is 5.38 Å². The smallest absolute Gasteiger partial charge is 0.125 e. The highest BCUT2D eigenvalue weighted by atomic mass is 32.1. The number of rotatable bonds is 7. The van der Waals surface area contributed by atoms with Crippen molar-refractivity contribution in [2.45, 2.75) is 58.6 Å². The molecule has 1 heterocycles. The van der Waals surface area contributed by atoms with Crippen LogP contribution in [0.2, 0.25) is 0 Å². The molecule has 2 atom stereocenters. The van der Waals surface area contributed by atoms with E-state index in [4.69, 9.17) is 10.5 Å². The zero-order chi connectivity index (χ0) is 12.9. The molecule has 0 aromatic carbocycles. The molecule has 0 aliphatic heterocycles. The summed E-state index contributed by atoms with van der Waals surface area (Å²) in [7, 11) is 0. The van der Waals surface area contributed by atoms with Crippen molar-refractivity contribution in [3.8, 4) is 0 Å². The summed E-state index contributed by atoms with van der Waals surface area (Å²) in [6.07, 6.45) is 2.79. The van der Waals surface area contributed by atoms with E-state index in [1.165, 1.54) is 0 Å². The molecule has 0 saturated carbocycles. The van der Waals surface area contributed by atoms with Gasteiger partial charge in [-0.2, -0.15) is 0 Å². The van der Waals surface area contributed by atoms with Gasteiger partial charge < -0.3 is 10.5 Å². The topological polar surface area (TPSA) is 48.1 Å². The average Bonchev–Trinajstić information content (AvgIpc) is 2.78. The van der Waals surface area contributed by atoms with Crippen molar-refractivity contribution < 1.29 is 4.74 Å². The molecule has 1 aromatic rings. The maximum Gasteiger partial charge on any atom is 0.125 e. The number of nitrogens with two attached hydrogens (primary N) is 1. The van der Waals surface area contributed by atoms with Gasteiger partial charge in [0, 0.05) is 24.4 Å². The largest absolute Gasteiger partial charge is 0.368 e. The predicted octanol–water partition coefficient (Wildman–Crippen LogP) is 3.08. The fourth-order valence-electron chi connectivity index (χ4n) is 1.69. The van der Waals surface area contributed by atoms with Gasteiger partial charge in [-0.05, 0) is 26.7 Å². The summed E-state index contributed by atoms with van der Waals surface area (Å²) in [6.45, 7) is 9.09. The van der Waals surface area contributed by atoms with E-state index in [2.05, 4.69) is 31.1 Å². The lowest BCUT2D eigenvalue weighted by Gasteiger charge is -2.25. The summed E-state index contributed by atoms with van der Waals surface area (Å²) < 4.78 is 5.83. The molecule has 0 spiro atoms. The molecule has 0 radical (unpaired) electrons. The van der Waals surface area contributed by atoms with Crippen molar-refractivity contribution in [2.24, 2.45) is 5.73 Å². The summed E-state index contributed by atoms with van der Waals surface area (Å²) in [5.41, 5.74) is 6.80.